The Morgan fingerprint density at radius 1 is 1.26 bits per heavy atom. The Balaban J connectivity index is 1.60. The van der Waals surface area contributed by atoms with Crippen molar-refractivity contribution in [1.29, 1.82) is 0 Å². The summed E-state index contributed by atoms with van der Waals surface area (Å²) < 4.78 is 10.9. The number of hydrazone groups is 1. The van der Waals surface area contributed by atoms with Crippen LogP contribution in [-0.4, -0.2) is 41.0 Å². The number of rotatable bonds is 8. The maximum Gasteiger partial charge on any atom is 0.363 e. The van der Waals surface area contributed by atoms with E-state index in [0.29, 0.717) is 33.5 Å². The fourth-order valence-corrected chi connectivity index (χ4v) is 2.65. The lowest BCUT2D eigenvalue weighted by molar-refractivity contribution is -0.118. The highest BCUT2D eigenvalue weighted by molar-refractivity contribution is 6.30. The number of halogens is 1. The van der Waals surface area contributed by atoms with Crippen LogP contribution in [0.25, 0.3) is 0 Å². The molecule has 3 aromatic rings. The van der Waals surface area contributed by atoms with Gasteiger partial charge in [-0.15, -0.1) is 0 Å². The number of ether oxygens (including phenoxy) is 2. The highest BCUT2D eigenvalue weighted by Gasteiger charge is 2.09. The number of nitrogens with zero attached hydrogens (tertiary/aromatic N) is 3. The van der Waals surface area contributed by atoms with Crippen molar-refractivity contribution < 1.29 is 14.3 Å². The van der Waals surface area contributed by atoms with E-state index in [0.717, 1.165) is 0 Å². The molecule has 0 aliphatic rings. The number of hydrogen-bond acceptors (Lipinski definition) is 8. The molecule has 160 valence electrons. The predicted octanol–water partition coefficient (Wildman–Crippen LogP) is 2.60. The molecule has 1 amide bonds. The van der Waals surface area contributed by atoms with Gasteiger partial charge in [-0.3, -0.25) is 10.2 Å². The lowest BCUT2D eigenvalue weighted by Gasteiger charge is -2.11. The number of carbonyl (C=O) groups excluding carboxylic acids is 1. The maximum absolute atomic E-state index is 12.1. The van der Waals surface area contributed by atoms with Gasteiger partial charge in [0.25, 0.3) is 5.91 Å². The van der Waals surface area contributed by atoms with E-state index >= 15 is 0 Å². The zero-order valence-electron chi connectivity index (χ0n) is 16.7. The Kier molecular flexibility index (Phi) is 7.17. The minimum absolute atomic E-state index is 0.210. The van der Waals surface area contributed by atoms with Crippen LogP contribution in [0.5, 0.6) is 11.5 Å². The normalized spacial score (nSPS) is 10.7. The second-order valence-corrected chi connectivity index (χ2v) is 6.64. The predicted molar refractivity (Wildman–Crippen MR) is 117 cm³/mol. The molecule has 0 radical (unpaired) electrons. The maximum atomic E-state index is 12.1. The lowest BCUT2D eigenvalue weighted by atomic mass is 10.2. The number of hydrogen-bond donors (Lipinski definition) is 3. The number of anilines is 2. The summed E-state index contributed by atoms with van der Waals surface area (Å²) in [7, 11) is 1.49. The third kappa shape index (κ3) is 6.28. The number of methoxy groups -OCH3 is 1. The van der Waals surface area contributed by atoms with Crippen molar-refractivity contribution in [1.82, 2.24) is 15.2 Å². The van der Waals surface area contributed by atoms with Crippen LogP contribution in [0.1, 0.15) is 11.3 Å². The molecule has 0 bridgehead atoms. The summed E-state index contributed by atoms with van der Waals surface area (Å²) in [4.78, 5) is 27.1. The summed E-state index contributed by atoms with van der Waals surface area (Å²) in [5.74, 6) is 0.725. The van der Waals surface area contributed by atoms with E-state index in [4.69, 9.17) is 21.1 Å². The number of aromatic amines is 1. The molecule has 11 heteroatoms. The fourth-order valence-electron chi connectivity index (χ4n) is 2.46. The number of aromatic nitrogens is 3. The largest absolute Gasteiger partial charge is 0.493 e. The van der Waals surface area contributed by atoms with Gasteiger partial charge in [-0.2, -0.15) is 15.2 Å². The van der Waals surface area contributed by atoms with E-state index < -0.39 is 5.69 Å². The molecule has 3 N–H and O–H groups in total. The zero-order chi connectivity index (χ0) is 22.2. The first-order chi connectivity index (χ1) is 14.9. The molecule has 0 saturated carbocycles. The standard InChI is InChI=1S/C20H19ClN6O4/c1-12-19(24-20(29)27-25-12)26-22-10-13-6-7-16(17(8-13)30-2)31-11-18(28)23-15-5-3-4-14(21)9-15/h3-10H,11H2,1-2H3,(H,23,28)(H2,24,26,27,29)/b22-10-. The molecule has 1 heterocycles. The molecule has 0 saturated heterocycles. The molecule has 0 aliphatic carbocycles. The lowest BCUT2D eigenvalue weighted by Crippen LogP contribution is -2.20. The third-order valence-corrected chi connectivity index (χ3v) is 4.15. The minimum atomic E-state index is -0.578. The van der Waals surface area contributed by atoms with Crippen LogP contribution in [0.4, 0.5) is 11.5 Å². The Bertz CT molecular complexity index is 1160. The summed E-state index contributed by atoms with van der Waals surface area (Å²) in [6, 6.07) is 11.9. The molecule has 1 aromatic heterocycles. The number of benzene rings is 2. The number of aryl methyl sites for hydroxylation is 1. The second kappa shape index (κ2) is 10.2. The van der Waals surface area contributed by atoms with E-state index in [-0.39, 0.29) is 18.3 Å². The third-order valence-electron chi connectivity index (χ3n) is 3.91. The van der Waals surface area contributed by atoms with Crippen LogP contribution >= 0.6 is 11.6 Å². The van der Waals surface area contributed by atoms with E-state index in [9.17, 15) is 9.59 Å². The zero-order valence-corrected chi connectivity index (χ0v) is 17.4. The monoisotopic (exact) mass is 442 g/mol. The van der Waals surface area contributed by atoms with Crippen LogP contribution in [0.2, 0.25) is 5.02 Å². The summed E-state index contributed by atoms with van der Waals surface area (Å²) in [5.41, 5.74) is 3.85. The van der Waals surface area contributed by atoms with Gasteiger partial charge >= 0.3 is 5.69 Å². The van der Waals surface area contributed by atoms with Crippen LogP contribution in [-0.2, 0) is 4.79 Å². The van der Waals surface area contributed by atoms with Crippen LogP contribution in [0, 0.1) is 6.92 Å². The summed E-state index contributed by atoms with van der Waals surface area (Å²) >= 11 is 5.91. The topological polar surface area (TPSA) is 131 Å². The Morgan fingerprint density at radius 3 is 2.87 bits per heavy atom. The van der Waals surface area contributed by atoms with E-state index in [1.807, 2.05) is 0 Å². The van der Waals surface area contributed by atoms with Crippen molar-refractivity contribution in [3.05, 3.63) is 69.2 Å². The van der Waals surface area contributed by atoms with Crippen LogP contribution in [0.15, 0.2) is 52.4 Å². The summed E-state index contributed by atoms with van der Waals surface area (Å²) in [6.45, 7) is 1.47. The number of amides is 1. The number of nitrogens with one attached hydrogen (secondary N) is 3. The van der Waals surface area contributed by atoms with Gasteiger partial charge in [-0.25, -0.2) is 9.89 Å². The average Bonchev–Trinajstić information content (AvgIpc) is 2.75. The highest BCUT2D eigenvalue weighted by Crippen LogP contribution is 2.27. The fraction of sp³-hybridized carbons (Fsp3) is 0.150. The van der Waals surface area contributed by atoms with Gasteiger partial charge < -0.3 is 14.8 Å². The van der Waals surface area contributed by atoms with Gasteiger partial charge in [-0.05, 0) is 48.9 Å². The molecular formula is C20H19ClN6O4. The molecular weight excluding hydrogens is 424 g/mol. The van der Waals surface area contributed by atoms with Crippen molar-refractivity contribution in [2.45, 2.75) is 6.92 Å². The summed E-state index contributed by atoms with van der Waals surface area (Å²) in [5, 5.41) is 13.3. The quantitative estimate of drug-likeness (QED) is 0.361. The average molecular weight is 443 g/mol. The number of H-pyrrole nitrogens is 1. The smallest absolute Gasteiger partial charge is 0.363 e. The van der Waals surface area contributed by atoms with Gasteiger partial charge in [0, 0.05) is 10.7 Å². The van der Waals surface area contributed by atoms with Gasteiger partial charge in [0.1, 0.15) is 5.69 Å². The molecule has 0 spiro atoms. The molecule has 3 rings (SSSR count). The Hall–Kier alpha value is -3.92. The molecule has 0 atom stereocenters. The van der Waals surface area contributed by atoms with Crippen molar-refractivity contribution in [3.8, 4) is 11.5 Å². The van der Waals surface area contributed by atoms with Crippen molar-refractivity contribution in [2.24, 2.45) is 5.10 Å². The van der Waals surface area contributed by atoms with Gasteiger partial charge in [0.15, 0.2) is 23.9 Å². The van der Waals surface area contributed by atoms with E-state index in [1.54, 1.807) is 49.4 Å². The Labute approximate surface area is 182 Å². The summed E-state index contributed by atoms with van der Waals surface area (Å²) in [6.07, 6.45) is 1.51. The highest BCUT2D eigenvalue weighted by atomic mass is 35.5. The molecule has 0 aliphatic heterocycles. The first-order valence-electron chi connectivity index (χ1n) is 9.03. The molecule has 0 fully saturated rings. The number of carbonyl (C=O) groups is 1. The van der Waals surface area contributed by atoms with Crippen molar-refractivity contribution in [2.75, 3.05) is 24.5 Å². The minimum Gasteiger partial charge on any atom is -0.493 e. The first-order valence-corrected chi connectivity index (χ1v) is 9.41. The molecule has 31 heavy (non-hydrogen) atoms. The second-order valence-electron chi connectivity index (χ2n) is 6.20. The van der Waals surface area contributed by atoms with E-state index in [1.165, 1.54) is 13.3 Å². The Morgan fingerprint density at radius 2 is 2.10 bits per heavy atom. The molecule has 0 unspecified atom stereocenters. The van der Waals surface area contributed by atoms with Crippen molar-refractivity contribution in [3.63, 3.8) is 0 Å². The first kappa shape index (κ1) is 21.8. The molecule has 2 aromatic carbocycles. The van der Waals surface area contributed by atoms with E-state index in [2.05, 4.69) is 31.0 Å². The molecule has 10 nitrogen and oxygen atoms in total. The SMILES string of the molecule is COc1cc(/C=N\Nc2nc(=O)[nH]nc2C)ccc1OCC(=O)Nc1cccc(Cl)c1. The van der Waals surface area contributed by atoms with Gasteiger partial charge in [0.05, 0.1) is 13.3 Å². The van der Waals surface area contributed by atoms with Crippen molar-refractivity contribution >= 4 is 35.2 Å². The van der Waals surface area contributed by atoms with Crippen LogP contribution < -0.4 is 25.9 Å². The van der Waals surface area contributed by atoms with Gasteiger partial charge in [-0.1, -0.05) is 17.7 Å². The van der Waals surface area contributed by atoms with Gasteiger partial charge in [0.2, 0.25) is 0 Å². The van der Waals surface area contributed by atoms with Crippen LogP contribution in [0.3, 0.4) is 0 Å².